The minimum absolute atomic E-state index is 0.0958. The van der Waals surface area contributed by atoms with E-state index in [1.165, 1.54) is 0 Å². The predicted molar refractivity (Wildman–Crippen MR) is 48.4 cm³/mol. The second-order valence-corrected chi connectivity index (χ2v) is 3.14. The van der Waals surface area contributed by atoms with Gasteiger partial charge in [0, 0.05) is 13.0 Å². The first-order valence-electron chi connectivity index (χ1n) is 4.47. The molecule has 0 bridgehead atoms. The molecule has 1 saturated heterocycles. The van der Waals surface area contributed by atoms with Crippen molar-refractivity contribution in [1.82, 2.24) is 4.90 Å². The molecule has 0 aromatic heterocycles. The van der Waals surface area contributed by atoms with Crippen LogP contribution in [0.2, 0.25) is 0 Å². The van der Waals surface area contributed by atoms with Gasteiger partial charge in [-0.15, -0.1) is 0 Å². The maximum Gasteiger partial charge on any atom is 0.223 e. The van der Waals surface area contributed by atoms with Gasteiger partial charge in [0.2, 0.25) is 5.91 Å². The zero-order chi connectivity index (χ0) is 9.84. The van der Waals surface area contributed by atoms with E-state index in [0.29, 0.717) is 19.4 Å². The third-order valence-electron chi connectivity index (χ3n) is 2.33. The van der Waals surface area contributed by atoms with Crippen molar-refractivity contribution in [2.24, 2.45) is 10.9 Å². The van der Waals surface area contributed by atoms with E-state index < -0.39 is 0 Å². The van der Waals surface area contributed by atoms with Crippen LogP contribution in [0.1, 0.15) is 26.2 Å². The Morgan fingerprint density at radius 3 is 2.92 bits per heavy atom. The van der Waals surface area contributed by atoms with E-state index in [-0.39, 0.29) is 17.8 Å². The Hall–Kier alpha value is -1.26. The van der Waals surface area contributed by atoms with Gasteiger partial charge in [0.05, 0.1) is 6.04 Å². The fraction of sp³-hybridized carbons (Fsp3) is 0.750. The number of likely N-dealkylation sites (tertiary alicyclic amines) is 1. The molecule has 5 nitrogen and oxygen atoms in total. The summed E-state index contributed by atoms with van der Waals surface area (Å²) in [5, 5.41) is 11.4. The average Bonchev–Trinajstić information content (AvgIpc) is 2.53. The summed E-state index contributed by atoms with van der Waals surface area (Å²) in [7, 11) is 0. The molecule has 1 rings (SSSR count). The summed E-state index contributed by atoms with van der Waals surface area (Å²) in [4.78, 5) is 13.0. The van der Waals surface area contributed by atoms with E-state index in [1.54, 1.807) is 4.90 Å². The summed E-state index contributed by atoms with van der Waals surface area (Å²) in [6, 6.07) is -0.236. The van der Waals surface area contributed by atoms with Crippen LogP contribution in [0.5, 0.6) is 0 Å². The molecule has 0 spiro atoms. The topological polar surface area (TPSA) is 78.9 Å². The van der Waals surface area contributed by atoms with E-state index in [1.807, 2.05) is 6.92 Å². The zero-order valence-electron chi connectivity index (χ0n) is 7.73. The normalized spacial score (nSPS) is 20.8. The number of hydrogen-bond acceptors (Lipinski definition) is 3. The first-order valence-corrected chi connectivity index (χ1v) is 4.47. The molecule has 1 amide bonds. The van der Waals surface area contributed by atoms with Gasteiger partial charge >= 0.3 is 0 Å². The highest BCUT2D eigenvalue weighted by atomic mass is 16.4. The number of amidine groups is 1. The van der Waals surface area contributed by atoms with Crippen LogP contribution >= 0.6 is 0 Å². The van der Waals surface area contributed by atoms with Gasteiger partial charge in [-0.25, -0.2) is 0 Å². The number of oxime groups is 1. The van der Waals surface area contributed by atoms with Gasteiger partial charge in [0.25, 0.3) is 0 Å². The number of rotatable bonds is 3. The van der Waals surface area contributed by atoms with Crippen molar-refractivity contribution >= 4 is 11.7 Å². The quantitative estimate of drug-likeness (QED) is 0.284. The van der Waals surface area contributed by atoms with Crippen LogP contribution in [-0.2, 0) is 4.79 Å². The molecule has 0 aromatic carbocycles. The number of carbonyl (C=O) groups excluding carboxylic acids is 1. The summed E-state index contributed by atoms with van der Waals surface area (Å²) in [6.07, 6.45) is 2.13. The third kappa shape index (κ3) is 1.91. The molecule has 0 aromatic rings. The molecule has 1 aliphatic heterocycles. The van der Waals surface area contributed by atoms with Gasteiger partial charge in [-0.1, -0.05) is 12.1 Å². The standard InChI is InChI=1S/C8H15N3O2/c1-2-6(8(9)10-13)11-5-3-4-7(11)12/h6,13H,2-5H2,1H3,(H2,9,10)/t6-/m0/s1. The number of hydrogen-bond donors (Lipinski definition) is 2. The van der Waals surface area contributed by atoms with E-state index in [4.69, 9.17) is 10.9 Å². The van der Waals surface area contributed by atoms with Gasteiger partial charge in [0.1, 0.15) is 0 Å². The molecule has 1 heterocycles. The molecule has 0 aliphatic carbocycles. The highest BCUT2D eigenvalue weighted by molar-refractivity contribution is 5.90. The van der Waals surface area contributed by atoms with Crippen molar-refractivity contribution in [3.05, 3.63) is 0 Å². The molecule has 1 atom stereocenters. The highest BCUT2D eigenvalue weighted by Gasteiger charge is 2.29. The molecular weight excluding hydrogens is 170 g/mol. The smallest absolute Gasteiger partial charge is 0.223 e. The second-order valence-electron chi connectivity index (χ2n) is 3.14. The van der Waals surface area contributed by atoms with E-state index >= 15 is 0 Å². The number of nitrogens with two attached hydrogens (primary N) is 1. The van der Waals surface area contributed by atoms with E-state index in [2.05, 4.69) is 5.16 Å². The van der Waals surface area contributed by atoms with E-state index in [9.17, 15) is 4.79 Å². The Kier molecular flexibility index (Phi) is 3.11. The monoisotopic (exact) mass is 185 g/mol. The van der Waals surface area contributed by atoms with Gasteiger partial charge < -0.3 is 15.8 Å². The SMILES string of the molecule is CC[C@@H](/C(N)=N\O)N1CCCC1=O. The Morgan fingerprint density at radius 2 is 2.54 bits per heavy atom. The van der Waals surface area contributed by atoms with Crippen LogP contribution in [0.4, 0.5) is 0 Å². The molecule has 0 saturated carbocycles. The minimum atomic E-state index is -0.236. The van der Waals surface area contributed by atoms with Crippen molar-refractivity contribution in [2.45, 2.75) is 32.2 Å². The Morgan fingerprint density at radius 1 is 1.85 bits per heavy atom. The Bertz CT molecular complexity index is 227. The van der Waals surface area contributed by atoms with Gasteiger partial charge in [-0.3, -0.25) is 4.79 Å². The molecule has 5 heteroatoms. The maximum atomic E-state index is 11.3. The van der Waals surface area contributed by atoms with Crippen molar-refractivity contribution < 1.29 is 10.0 Å². The molecule has 0 radical (unpaired) electrons. The number of nitrogens with zero attached hydrogens (tertiary/aromatic N) is 2. The summed E-state index contributed by atoms with van der Waals surface area (Å²) in [5.74, 6) is 0.219. The van der Waals surface area contributed by atoms with Gasteiger partial charge in [-0.2, -0.15) is 0 Å². The zero-order valence-corrected chi connectivity index (χ0v) is 7.73. The Labute approximate surface area is 77.2 Å². The lowest BCUT2D eigenvalue weighted by molar-refractivity contribution is -0.128. The van der Waals surface area contributed by atoms with Gasteiger partial charge in [-0.05, 0) is 12.8 Å². The molecular formula is C8H15N3O2. The van der Waals surface area contributed by atoms with Crippen LogP contribution in [0.3, 0.4) is 0 Å². The summed E-state index contributed by atoms with van der Waals surface area (Å²) in [5.41, 5.74) is 5.48. The lowest BCUT2D eigenvalue weighted by Gasteiger charge is -2.25. The summed E-state index contributed by atoms with van der Waals surface area (Å²) < 4.78 is 0. The summed E-state index contributed by atoms with van der Waals surface area (Å²) in [6.45, 7) is 2.63. The van der Waals surface area contributed by atoms with E-state index in [0.717, 1.165) is 6.42 Å². The lowest BCUT2D eigenvalue weighted by Crippen LogP contribution is -2.45. The third-order valence-corrected chi connectivity index (χ3v) is 2.33. The molecule has 1 fully saturated rings. The molecule has 13 heavy (non-hydrogen) atoms. The molecule has 1 aliphatic rings. The van der Waals surface area contributed by atoms with Crippen LogP contribution in [0.15, 0.2) is 5.16 Å². The van der Waals surface area contributed by atoms with Crippen molar-refractivity contribution in [1.29, 1.82) is 0 Å². The molecule has 3 N–H and O–H groups in total. The van der Waals surface area contributed by atoms with Crippen LogP contribution in [0.25, 0.3) is 0 Å². The van der Waals surface area contributed by atoms with Gasteiger partial charge in [0.15, 0.2) is 5.84 Å². The van der Waals surface area contributed by atoms with Crippen molar-refractivity contribution in [3.63, 3.8) is 0 Å². The fourth-order valence-corrected chi connectivity index (χ4v) is 1.65. The minimum Gasteiger partial charge on any atom is -0.409 e. The predicted octanol–water partition coefficient (Wildman–Crippen LogP) is 0.134. The van der Waals surface area contributed by atoms with Crippen LogP contribution in [0, 0.1) is 0 Å². The average molecular weight is 185 g/mol. The largest absolute Gasteiger partial charge is 0.409 e. The second kappa shape index (κ2) is 4.11. The van der Waals surface area contributed by atoms with Crippen LogP contribution < -0.4 is 5.73 Å². The van der Waals surface area contributed by atoms with Crippen molar-refractivity contribution in [3.8, 4) is 0 Å². The molecule has 0 unspecified atom stereocenters. The van der Waals surface area contributed by atoms with Crippen LogP contribution in [-0.4, -0.2) is 34.4 Å². The Balaban J connectivity index is 2.71. The lowest BCUT2D eigenvalue weighted by atomic mass is 10.2. The highest BCUT2D eigenvalue weighted by Crippen LogP contribution is 2.15. The molecule has 74 valence electrons. The number of carbonyl (C=O) groups is 1. The van der Waals surface area contributed by atoms with Crippen molar-refractivity contribution in [2.75, 3.05) is 6.54 Å². The first-order chi connectivity index (χ1) is 6.20. The first kappa shape index (κ1) is 9.83. The fourth-order valence-electron chi connectivity index (χ4n) is 1.65. The summed E-state index contributed by atoms with van der Waals surface area (Å²) >= 11 is 0. The number of amides is 1. The maximum absolute atomic E-state index is 11.3.